The van der Waals surface area contributed by atoms with Gasteiger partial charge < -0.3 is 10.1 Å². The highest BCUT2D eigenvalue weighted by molar-refractivity contribution is 7.14. The minimum Gasteiger partial charge on any atom is -0.381 e. The summed E-state index contributed by atoms with van der Waals surface area (Å²) in [6, 6.07) is 3.70. The van der Waals surface area contributed by atoms with E-state index in [4.69, 9.17) is 4.74 Å². The minimum atomic E-state index is -0.127. The Kier molecular flexibility index (Phi) is 10.3. The summed E-state index contributed by atoms with van der Waals surface area (Å²) in [4.78, 5) is 37.2. The number of nitrogens with one attached hydrogen (secondary N) is 1. The molecular weight excluding hydrogens is 338 g/mol. The molecule has 1 aromatic heterocycles. The maximum Gasteiger partial charge on any atom is 0.220 e. The Balaban J connectivity index is 2.07. The molecule has 0 aliphatic rings. The maximum absolute atomic E-state index is 11.9. The molecule has 0 radical (unpaired) electrons. The molecule has 1 amide bonds. The Labute approximate surface area is 154 Å². The Morgan fingerprint density at radius 2 is 1.84 bits per heavy atom. The molecule has 0 spiro atoms. The topological polar surface area (TPSA) is 72.5 Å². The van der Waals surface area contributed by atoms with Gasteiger partial charge in [0.05, 0.1) is 4.88 Å². The van der Waals surface area contributed by atoms with Crippen LogP contribution < -0.4 is 5.32 Å². The van der Waals surface area contributed by atoms with Crippen LogP contribution in [0.2, 0.25) is 0 Å². The number of hydrogen-bond donors (Lipinski definition) is 1. The lowest BCUT2D eigenvalue weighted by Gasteiger charge is -2.07. The molecule has 25 heavy (non-hydrogen) atoms. The molecule has 5 nitrogen and oxygen atoms in total. The summed E-state index contributed by atoms with van der Waals surface area (Å²) < 4.78 is 5.43. The Morgan fingerprint density at radius 3 is 2.48 bits per heavy atom. The summed E-state index contributed by atoms with van der Waals surface area (Å²) in [5, 5.41) is 2.78. The van der Waals surface area contributed by atoms with Gasteiger partial charge in [-0.25, -0.2) is 0 Å². The SMILES string of the molecule is Cc1ccc(C(=O)CCC(=O)CCC(=O)NCCCOCC(C)C)s1. The smallest absolute Gasteiger partial charge is 0.220 e. The standard InChI is InChI=1S/C19H29NO4S/c1-14(2)13-24-12-4-11-20-19(23)10-7-16(21)6-8-17(22)18-9-5-15(3)25-18/h5,9,14H,4,6-8,10-13H2,1-3H3,(H,20,23). The van der Waals surface area contributed by atoms with Gasteiger partial charge in [0, 0.05) is 50.3 Å². The number of ether oxygens (including phenoxy) is 1. The summed E-state index contributed by atoms with van der Waals surface area (Å²) in [5.74, 6) is 0.336. The molecule has 0 bridgehead atoms. The van der Waals surface area contributed by atoms with Gasteiger partial charge in [0.25, 0.3) is 0 Å². The first-order valence-corrected chi connectivity index (χ1v) is 9.66. The quantitative estimate of drug-likeness (QED) is 0.427. The molecule has 0 aromatic carbocycles. The highest BCUT2D eigenvalue weighted by atomic mass is 32.1. The third kappa shape index (κ3) is 10.1. The zero-order valence-corrected chi connectivity index (χ0v) is 16.2. The summed E-state index contributed by atoms with van der Waals surface area (Å²) in [6.45, 7) is 8.04. The van der Waals surface area contributed by atoms with Gasteiger partial charge in [0.2, 0.25) is 5.91 Å². The number of Topliss-reactive ketones (excluding diaryl/α,β-unsaturated/α-hetero) is 2. The Bertz CT molecular complexity index is 566. The fraction of sp³-hybridized carbons (Fsp3) is 0.632. The monoisotopic (exact) mass is 367 g/mol. The van der Waals surface area contributed by atoms with E-state index >= 15 is 0 Å². The molecular formula is C19H29NO4S. The highest BCUT2D eigenvalue weighted by Gasteiger charge is 2.12. The van der Waals surface area contributed by atoms with Crippen molar-refractivity contribution in [1.29, 1.82) is 0 Å². The predicted octanol–water partition coefficient (Wildman–Crippen LogP) is 3.55. The zero-order valence-electron chi connectivity index (χ0n) is 15.4. The minimum absolute atomic E-state index is 0.00250. The van der Waals surface area contributed by atoms with Crippen LogP contribution in [0.25, 0.3) is 0 Å². The molecule has 1 aromatic rings. The van der Waals surface area contributed by atoms with Crippen LogP contribution in [0.4, 0.5) is 0 Å². The van der Waals surface area contributed by atoms with Gasteiger partial charge in [0.1, 0.15) is 5.78 Å². The molecule has 0 aliphatic heterocycles. The van der Waals surface area contributed by atoms with Crippen molar-refractivity contribution in [2.75, 3.05) is 19.8 Å². The van der Waals surface area contributed by atoms with Gasteiger partial charge in [-0.15, -0.1) is 11.3 Å². The van der Waals surface area contributed by atoms with Crippen molar-refractivity contribution in [2.45, 2.75) is 52.9 Å². The largest absolute Gasteiger partial charge is 0.381 e. The number of hydrogen-bond acceptors (Lipinski definition) is 5. The van der Waals surface area contributed by atoms with E-state index in [1.807, 2.05) is 13.0 Å². The summed E-state index contributed by atoms with van der Waals surface area (Å²) in [7, 11) is 0. The molecule has 0 saturated heterocycles. The molecule has 1 rings (SSSR count). The molecule has 0 atom stereocenters. The van der Waals surface area contributed by atoms with Crippen molar-refractivity contribution < 1.29 is 19.1 Å². The van der Waals surface area contributed by atoms with Crippen molar-refractivity contribution in [3.05, 3.63) is 21.9 Å². The zero-order chi connectivity index (χ0) is 18.7. The number of carbonyl (C=O) groups is 3. The number of rotatable bonds is 13. The fourth-order valence-corrected chi connectivity index (χ4v) is 2.98. The van der Waals surface area contributed by atoms with Crippen molar-refractivity contribution >= 4 is 28.8 Å². The van der Waals surface area contributed by atoms with E-state index in [1.165, 1.54) is 11.3 Å². The average molecular weight is 368 g/mol. The Hall–Kier alpha value is -1.53. The third-order valence-corrected chi connectivity index (χ3v) is 4.56. The van der Waals surface area contributed by atoms with E-state index in [0.29, 0.717) is 23.9 Å². The van der Waals surface area contributed by atoms with Crippen LogP contribution in [0.3, 0.4) is 0 Å². The van der Waals surface area contributed by atoms with Crippen LogP contribution in [0.15, 0.2) is 12.1 Å². The fourth-order valence-electron chi connectivity index (χ4n) is 2.15. The van der Waals surface area contributed by atoms with Gasteiger partial charge in [-0.05, 0) is 31.4 Å². The molecule has 0 aliphatic carbocycles. The van der Waals surface area contributed by atoms with Crippen molar-refractivity contribution in [2.24, 2.45) is 5.92 Å². The second kappa shape index (κ2) is 11.9. The van der Waals surface area contributed by atoms with E-state index in [9.17, 15) is 14.4 Å². The number of ketones is 2. The van der Waals surface area contributed by atoms with Crippen LogP contribution in [0, 0.1) is 12.8 Å². The van der Waals surface area contributed by atoms with Gasteiger partial charge in [0.15, 0.2) is 5.78 Å². The lowest BCUT2D eigenvalue weighted by Crippen LogP contribution is -2.25. The van der Waals surface area contributed by atoms with Gasteiger partial charge in [-0.2, -0.15) is 0 Å². The lowest BCUT2D eigenvalue weighted by atomic mass is 10.1. The normalized spacial score (nSPS) is 10.9. The number of thiophene rings is 1. The van der Waals surface area contributed by atoms with Gasteiger partial charge in [-0.1, -0.05) is 13.8 Å². The van der Waals surface area contributed by atoms with E-state index in [2.05, 4.69) is 19.2 Å². The summed E-state index contributed by atoms with van der Waals surface area (Å²) in [5.41, 5.74) is 0. The molecule has 1 N–H and O–H groups in total. The van der Waals surface area contributed by atoms with Crippen LogP contribution in [0.5, 0.6) is 0 Å². The average Bonchev–Trinajstić information content (AvgIpc) is 3.00. The van der Waals surface area contributed by atoms with Crippen LogP contribution in [0.1, 0.15) is 60.5 Å². The van der Waals surface area contributed by atoms with Crippen molar-refractivity contribution in [1.82, 2.24) is 5.32 Å². The number of carbonyl (C=O) groups excluding carboxylic acids is 3. The lowest BCUT2D eigenvalue weighted by molar-refractivity contribution is -0.125. The van der Waals surface area contributed by atoms with E-state index in [0.717, 1.165) is 17.9 Å². The number of amides is 1. The molecule has 140 valence electrons. The highest BCUT2D eigenvalue weighted by Crippen LogP contribution is 2.17. The van der Waals surface area contributed by atoms with E-state index in [-0.39, 0.29) is 43.2 Å². The van der Waals surface area contributed by atoms with Crippen LogP contribution in [-0.4, -0.2) is 37.2 Å². The van der Waals surface area contributed by atoms with E-state index < -0.39 is 0 Å². The van der Waals surface area contributed by atoms with Crippen molar-refractivity contribution in [3.8, 4) is 0 Å². The first kappa shape index (κ1) is 21.5. The first-order valence-electron chi connectivity index (χ1n) is 8.84. The van der Waals surface area contributed by atoms with Gasteiger partial charge >= 0.3 is 0 Å². The second-order valence-corrected chi connectivity index (χ2v) is 7.83. The van der Waals surface area contributed by atoms with Crippen LogP contribution in [-0.2, 0) is 14.3 Å². The molecule has 0 saturated carbocycles. The second-order valence-electron chi connectivity index (χ2n) is 6.54. The molecule has 0 fully saturated rings. The van der Waals surface area contributed by atoms with Gasteiger partial charge in [-0.3, -0.25) is 14.4 Å². The van der Waals surface area contributed by atoms with Crippen LogP contribution >= 0.6 is 11.3 Å². The maximum atomic E-state index is 11.9. The van der Waals surface area contributed by atoms with Crippen molar-refractivity contribution in [3.63, 3.8) is 0 Å². The first-order chi connectivity index (χ1) is 11.9. The molecule has 0 unspecified atom stereocenters. The Morgan fingerprint density at radius 1 is 1.12 bits per heavy atom. The van der Waals surface area contributed by atoms with E-state index in [1.54, 1.807) is 6.07 Å². The summed E-state index contributed by atoms with van der Waals surface area (Å²) >= 11 is 1.45. The third-order valence-electron chi connectivity index (χ3n) is 3.52. The molecule has 1 heterocycles. The predicted molar refractivity (Wildman–Crippen MR) is 100 cm³/mol. The molecule has 6 heteroatoms. The number of aryl methyl sites for hydroxylation is 1. The summed E-state index contributed by atoms with van der Waals surface area (Å²) in [6.07, 6.45) is 1.55.